The molecule has 1 aromatic carbocycles. The second-order valence-electron chi connectivity index (χ2n) is 8.48. The molecule has 0 atom stereocenters. The monoisotopic (exact) mass is 549 g/mol. The van der Waals surface area contributed by atoms with Gasteiger partial charge < -0.3 is 20.9 Å². The number of carbonyl (C=O) groups excluding carboxylic acids is 2. The van der Waals surface area contributed by atoms with Crippen LogP contribution in [0.4, 0.5) is 24.5 Å². The summed E-state index contributed by atoms with van der Waals surface area (Å²) in [4.78, 5) is 31.4. The second kappa shape index (κ2) is 9.73. The number of alkyl halides is 3. The molecular weight excluding hydrogens is 527 g/mol. The number of rotatable bonds is 7. The summed E-state index contributed by atoms with van der Waals surface area (Å²) >= 11 is 3.06. The van der Waals surface area contributed by atoms with Crippen molar-refractivity contribution in [2.24, 2.45) is 0 Å². The Bertz CT molecular complexity index is 1190. The lowest BCUT2D eigenvalue weighted by molar-refractivity contribution is -0.137. The van der Waals surface area contributed by atoms with Crippen molar-refractivity contribution >= 4 is 39.1 Å². The first kappa shape index (κ1) is 24.8. The molecule has 2 amide bonds. The number of likely N-dealkylation sites (N-methyl/N-ethyl adjacent to an activating group) is 1. The molecule has 2 aromatic rings. The molecule has 1 aromatic heterocycles. The fourth-order valence-electron chi connectivity index (χ4n) is 3.53. The van der Waals surface area contributed by atoms with Crippen LogP contribution in [0.5, 0.6) is 0 Å². The van der Waals surface area contributed by atoms with Crippen LogP contribution in [-0.2, 0) is 22.3 Å². The average molecular weight is 550 g/mol. The zero-order valence-electron chi connectivity index (χ0n) is 18.7. The fourth-order valence-corrected chi connectivity index (χ4v) is 3.89. The van der Waals surface area contributed by atoms with Crippen molar-refractivity contribution in [1.29, 1.82) is 0 Å². The van der Waals surface area contributed by atoms with Gasteiger partial charge in [-0.05, 0) is 55.4 Å². The number of aromatic nitrogens is 1. The van der Waals surface area contributed by atoms with Crippen molar-refractivity contribution < 1.29 is 22.8 Å². The van der Waals surface area contributed by atoms with Crippen LogP contribution in [0.2, 0.25) is 0 Å². The molecule has 3 N–H and O–H groups in total. The summed E-state index contributed by atoms with van der Waals surface area (Å²) in [5, 5.41) is 8.35. The Balaban J connectivity index is 1.33. The SMILES string of the molecule is CN1C=CC(C(=O)NC2(C(=O)NCc3ccc(Nc4ccc(Br)cc4C(F)(F)F)cn3)CC2)=CC1. The first-order chi connectivity index (χ1) is 16.6. The molecule has 11 heteroatoms. The maximum absolute atomic E-state index is 13.3. The third kappa shape index (κ3) is 6.02. The van der Waals surface area contributed by atoms with Crippen LogP contribution < -0.4 is 16.0 Å². The molecule has 0 bridgehead atoms. The first-order valence-corrected chi connectivity index (χ1v) is 11.6. The third-order valence-corrected chi connectivity index (χ3v) is 6.22. The van der Waals surface area contributed by atoms with E-state index in [9.17, 15) is 22.8 Å². The van der Waals surface area contributed by atoms with Crippen molar-refractivity contribution in [2.75, 3.05) is 18.9 Å². The number of carbonyl (C=O) groups is 2. The standard InChI is InChI=1S/C24H23BrF3N5O2/c1-33-10-6-15(7-11-33)21(34)32-23(8-9-23)22(35)30-13-17-3-4-18(14-29-17)31-20-5-2-16(25)12-19(20)24(26,27)28/h2-7,10,12,14,31H,8-9,11,13H2,1H3,(H,30,35)(H,32,34). The molecule has 1 aliphatic carbocycles. The Morgan fingerprint density at radius 1 is 1.20 bits per heavy atom. The van der Waals surface area contributed by atoms with E-state index in [2.05, 4.69) is 36.9 Å². The minimum absolute atomic E-state index is 0.0930. The summed E-state index contributed by atoms with van der Waals surface area (Å²) in [6, 6.07) is 7.06. The Morgan fingerprint density at radius 2 is 1.97 bits per heavy atom. The van der Waals surface area contributed by atoms with E-state index in [1.807, 2.05) is 11.9 Å². The van der Waals surface area contributed by atoms with Gasteiger partial charge in [-0.25, -0.2) is 0 Å². The van der Waals surface area contributed by atoms with Gasteiger partial charge in [0.2, 0.25) is 5.91 Å². The Kier molecular flexibility index (Phi) is 6.88. The summed E-state index contributed by atoms with van der Waals surface area (Å²) in [7, 11) is 1.90. The Labute approximate surface area is 208 Å². The quantitative estimate of drug-likeness (QED) is 0.480. The lowest BCUT2D eigenvalue weighted by Crippen LogP contribution is -2.49. The first-order valence-electron chi connectivity index (χ1n) is 10.8. The summed E-state index contributed by atoms with van der Waals surface area (Å²) in [5.74, 6) is -0.584. The molecule has 4 rings (SSSR count). The highest BCUT2D eigenvalue weighted by atomic mass is 79.9. The number of hydrogen-bond acceptors (Lipinski definition) is 5. The van der Waals surface area contributed by atoms with Crippen molar-refractivity contribution in [2.45, 2.75) is 31.1 Å². The number of benzene rings is 1. The molecule has 2 heterocycles. The Morgan fingerprint density at radius 3 is 2.57 bits per heavy atom. The van der Waals surface area contributed by atoms with Gasteiger partial charge >= 0.3 is 6.18 Å². The van der Waals surface area contributed by atoms with E-state index in [0.717, 1.165) is 6.07 Å². The maximum Gasteiger partial charge on any atom is 0.418 e. The molecule has 0 radical (unpaired) electrons. The predicted octanol–water partition coefficient (Wildman–Crippen LogP) is 4.26. The van der Waals surface area contributed by atoms with E-state index >= 15 is 0 Å². The average Bonchev–Trinajstić information content (AvgIpc) is 3.60. The van der Waals surface area contributed by atoms with Gasteiger partial charge in [-0.3, -0.25) is 14.6 Å². The number of nitrogens with one attached hydrogen (secondary N) is 3. The number of hydrogen-bond donors (Lipinski definition) is 3. The lowest BCUT2D eigenvalue weighted by atomic mass is 10.1. The maximum atomic E-state index is 13.3. The van der Waals surface area contributed by atoms with Crippen molar-refractivity contribution in [3.63, 3.8) is 0 Å². The molecule has 0 spiro atoms. The number of amides is 2. The van der Waals surface area contributed by atoms with Crippen LogP contribution in [0.1, 0.15) is 24.1 Å². The van der Waals surface area contributed by atoms with E-state index in [1.165, 1.54) is 18.3 Å². The molecule has 1 aliphatic heterocycles. The van der Waals surface area contributed by atoms with Crippen molar-refractivity contribution in [3.8, 4) is 0 Å². The topological polar surface area (TPSA) is 86.4 Å². The summed E-state index contributed by atoms with van der Waals surface area (Å²) < 4.78 is 40.3. The molecule has 1 fully saturated rings. The van der Waals surface area contributed by atoms with Crippen molar-refractivity contribution in [1.82, 2.24) is 20.5 Å². The van der Waals surface area contributed by atoms with Crippen LogP contribution in [0.15, 0.2) is 64.9 Å². The van der Waals surface area contributed by atoms with E-state index < -0.39 is 17.3 Å². The van der Waals surface area contributed by atoms with Gasteiger partial charge in [0.25, 0.3) is 5.91 Å². The number of anilines is 2. The molecule has 0 saturated heterocycles. The predicted molar refractivity (Wildman–Crippen MR) is 128 cm³/mol. The molecular formula is C24H23BrF3N5O2. The minimum atomic E-state index is -4.52. The molecule has 7 nitrogen and oxygen atoms in total. The molecule has 0 unspecified atom stereocenters. The zero-order chi connectivity index (χ0) is 25.2. The zero-order valence-corrected chi connectivity index (χ0v) is 20.3. The third-order valence-electron chi connectivity index (χ3n) is 5.73. The van der Waals surface area contributed by atoms with Gasteiger partial charge in [0.15, 0.2) is 0 Å². The highest BCUT2D eigenvalue weighted by Gasteiger charge is 2.51. The van der Waals surface area contributed by atoms with Crippen LogP contribution >= 0.6 is 15.9 Å². The van der Waals surface area contributed by atoms with E-state index in [-0.39, 0.29) is 24.0 Å². The Hall–Kier alpha value is -3.34. The lowest BCUT2D eigenvalue weighted by Gasteiger charge is -2.20. The number of nitrogens with zero attached hydrogens (tertiary/aromatic N) is 2. The molecule has 35 heavy (non-hydrogen) atoms. The van der Waals surface area contributed by atoms with Gasteiger partial charge in [0.05, 0.1) is 35.4 Å². The fraction of sp³-hybridized carbons (Fsp3) is 0.292. The van der Waals surface area contributed by atoms with E-state index in [1.54, 1.807) is 30.5 Å². The van der Waals surface area contributed by atoms with Crippen LogP contribution in [0.25, 0.3) is 0 Å². The van der Waals surface area contributed by atoms with Gasteiger partial charge in [-0.15, -0.1) is 0 Å². The summed E-state index contributed by atoms with van der Waals surface area (Å²) in [6.07, 6.45) is 3.29. The van der Waals surface area contributed by atoms with Crippen molar-refractivity contribution in [3.05, 3.63) is 76.2 Å². The van der Waals surface area contributed by atoms with E-state index in [4.69, 9.17) is 0 Å². The summed E-state index contributed by atoms with van der Waals surface area (Å²) in [6.45, 7) is 0.741. The number of pyridine rings is 1. The largest absolute Gasteiger partial charge is 0.418 e. The molecule has 2 aliphatic rings. The van der Waals surface area contributed by atoms with Gasteiger partial charge in [0.1, 0.15) is 5.54 Å². The molecule has 1 saturated carbocycles. The normalized spacial score (nSPS) is 16.4. The second-order valence-corrected chi connectivity index (χ2v) is 9.40. The van der Waals surface area contributed by atoms with E-state index in [0.29, 0.717) is 40.8 Å². The smallest absolute Gasteiger partial charge is 0.377 e. The summed E-state index contributed by atoms with van der Waals surface area (Å²) in [5.41, 5.74) is -0.397. The van der Waals surface area contributed by atoms with Crippen LogP contribution in [-0.4, -0.2) is 40.8 Å². The van der Waals surface area contributed by atoms with Crippen LogP contribution in [0.3, 0.4) is 0 Å². The van der Waals surface area contributed by atoms with Gasteiger partial charge in [-0.1, -0.05) is 22.0 Å². The minimum Gasteiger partial charge on any atom is -0.377 e. The van der Waals surface area contributed by atoms with Gasteiger partial charge in [0, 0.05) is 23.6 Å². The van der Waals surface area contributed by atoms with Gasteiger partial charge in [-0.2, -0.15) is 13.2 Å². The highest BCUT2D eigenvalue weighted by molar-refractivity contribution is 9.10. The highest BCUT2D eigenvalue weighted by Crippen LogP contribution is 2.38. The number of halogens is 4. The van der Waals surface area contributed by atoms with Crippen LogP contribution in [0, 0.1) is 0 Å². The molecule has 184 valence electrons.